The van der Waals surface area contributed by atoms with Gasteiger partial charge in [0.2, 0.25) is 0 Å². The highest BCUT2D eigenvalue weighted by atomic mass is 16.3. The van der Waals surface area contributed by atoms with E-state index in [0.29, 0.717) is 6.54 Å². The zero-order valence-corrected chi connectivity index (χ0v) is 9.20. The van der Waals surface area contributed by atoms with E-state index in [-0.39, 0.29) is 6.04 Å². The first-order valence-corrected chi connectivity index (χ1v) is 5.69. The summed E-state index contributed by atoms with van der Waals surface area (Å²) in [5.41, 5.74) is -0.485. The quantitative estimate of drug-likeness (QED) is 0.799. The maximum absolute atomic E-state index is 10.1. The number of rotatable bonds is 4. The van der Waals surface area contributed by atoms with Gasteiger partial charge in [-0.05, 0) is 31.9 Å². The van der Waals surface area contributed by atoms with Crippen molar-refractivity contribution in [1.82, 2.24) is 5.32 Å². The summed E-state index contributed by atoms with van der Waals surface area (Å²) in [5, 5.41) is 13.5. The lowest BCUT2D eigenvalue weighted by Crippen LogP contribution is -2.38. The monoisotopic (exact) mass is 209 g/mol. The van der Waals surface area contributed by atoms with Crippen molar-refractivity contribution in [2.24, 2.45) is 0 Å². The summed E-state index contributed by atoms with van der Waals surface area (Å²) >= 11 is 0. The summed E-state index contributed by atoms with van der Waals surface area (Å²) in [6, 6.07) is 4.01. The molecule has 1 aliphatic rings. The summed E-state index contributed by atoms with van der Waals surface area (Å²) in [7, 11) is 0. The van der Waals surface area contributed by atoms with Crippen LogP contribution in [0.15, 0.2) is 22.8 Å². The van der Waals surface area contributed by atoms with Crippen LogP contribution in [0.25, 0.3) is 0 Å². The van der Waals surface area contributed by atoms with Gasteiger partial charge in [-0.3, -0.25) is 0 Å². The van der Waals surface area contributed by atoms with E-state index in [4.69, 9.17) is 4.42 Å². The zero-order valence-electron chi connectivity index (χ0n) is 9.20. The molecule has 1 aromatic heterocycles. The van der Waals surface area contributed by atoms with E-state index in [0.717, 1.165) is 31.4 Å². The molecule has 0 aromatic carbocycles. The number of furan rings is 1. The maximum Gasteiger partial charge on any atom is 0.120 e. The van der Waals surface area contributed by atoms with Crippen LogP contribution in [-0.2, 0) is 0 Å². The summed E-state index contributed by atoms with van der Waals surface area (Å²) in [5.74, 6) is 0.927. The maximum atomic E-state index is 10.1. The van der Waals surface area contributed by atoms with Gasteiger partial charge in [0.15, 0.2) is 0 Å². The predicted molar refractivity (Wildman–Crippen MR) is 58.5 cm³/mol. The molecule has 1 heterocycles. The Morgan fingerprint density at radius 3 is 2.87 bits per heavy atom. The Morgan fingerprint density at radius 2 is 2.27 bits per heavy atom. The Kier molecular flexibility index (Phi) is 3.12. The van der Waals surface area contributed by atoms with Crippen LogP contribution in [0, 0.1) is 0 Å². The molecule has 1 aliphatic carbocycles. The van der Waals surface area contributed by atoms with Crippen LogP contribution in [0.2, 0.25) is 0 Å². The molecule has 84 valence electrons. The van der Waals surface area contributed by atoms with Crippen LogP contribution in [0.5, 0.6) is 0 Å². The fraction of sp³-hybridized carbons (Fsp3) is 0.667. The predicted octanol–water partition coefficient (Wildman–Crippen LogP) is 2.24. The normalized spacial score (nSPS) is 21.7. The molecule has 15 heavy (non-hydrogen) atoms. The molecule has 0 saturated heterocycles. The second-order valence-electron chi connectivity index (χ2n) is 4.55. The Bertz CT molecular complexity index is 289. The fourth-order valence-electron chi connectivity index (χ4n) is 2.19. The highest BCUT2D eigenvalue weighted by Gasteiger charge is 2.31. The minimum Gasteiger partial charge on any atom is -0.468 e. The molecule has 0 bridgehead atoms. The van der Waals surface area contributed by atoms with Crippen LogP contribution in [0.1, 0.15) is 44.4 Å². The lowest BCUT2D eigenvalue weighted by molar-refractivity contribution is 0.0447. The van der Waals surface area contributed by atoms with Crippen LogP contribution in [-0.4, -0.2) is 17.3 Å². The molecule has 0 unspecified atom stereocenters. The van der Waals surface area contributed by atoms with E-state index >= 15 is 0 Å². The SMILES string of the molecule is C[C@@H](NCC1(O)CCCC1)c1ccco1. The topological polar surface area (TPSA) is 45.4 Å². The highest BCUT2D eigenvalue weighted by molar-refractivity contribution is 5.03. The zero-order chi connectivity index (χ0) is 10.7. The number of nitrogens with one attached hydrogen (secondary N) is 1. The van der Waals surface area contributed by atoms with Crippen LogP contribution >= 0.6 is 0 Å². The molecule has 1 fully saturated rings. The molecule has 0 aliphatic heterocycles. The summed E-state index contributed by atoms with van der Waals surface area (Å²) < 4.78 is 5.30. The Morgan fingerprint density at radius 1 is 1.53 bits per heavy atom. The average molecular weight is 209 g/mol. The third kappa shape index (κ3) is 2.61. The molecule has 2 rings (SSSR count). The summed E-state index contributed by atoms with van der Waals surface area (Å²) in [6.45, 7) is 2.71. The number of hydrogen-bond acceptors (Lipinski definition) is 3. The third-order valence-electron chi connectivity index (χ3n) is 3.24. The second kappa shape index (κ2) is 4.37. The van der Waals surface area contributed by atoms with Gasteiger partial charge in [-0.25, -0.2) is 0 Å². The van der Waals surface area contributed by atoms with Gasteiger partial charge in [0.25, 0.3) is 0 Å². The standard InChI is InChI=1S/C12H19NO2/c1-10(11-5-4-8-15-11)13-9-12(14)6-2-3-7-12/h4-5,8,10,13-14H,2-3,6-7,9H2,1H3/t10-/m1/s1. The van der Waals surface area contributed by atoms with Gasteiger partial charge < -0.3 is 14.8 Å². The minimum atomic E-state index is -0.485. The smallest absolute Gasteiger partial charge is 0.120 e. The molecule has 0 spiro atoms. The fourth-order valence-corrected chi connectivity index (χ4v) is 2.19. The van der Waals surface area contributed by atoms with Gasteiger partial charge in [-0.1, -0.05) is 12.8 Å². The van der Waals surface area contributed by atoms with Gasteiger partial charge in [-0.2, -0.15) is 0 Å². The van der Waals surface area contributed by atoms with E-state index in [2.05, 4.69) is 12.2 Å². The van der Waals surface area contributed by atoms with Crippen LogP contribution in [0.3, 0.4) is 0 Å². The lowest BCUT2D eigenvalue weighted by atomic mass is 10.0. The second-order valence-corrected chi connectivity index (χ2v) is 4.55. The molecule has 3 heteroatoms. The van der Waals surface area contributed by atoms with Gasteiger partial charge in [-0.15, -0.1) is 0 Å². The van der Waals surface area contributed by atoms with E-state index in [1.807, 2.05) is 12.1 Å². The van der Waals surface area contributed by atoms with Crippen LogP contribution < -0.4 is 5.32 Å². The molecular formula is C12H19NO2. The minimum absolute atomic E-state index is 0.171. The summed E-state index contributed by atoms with van der Waals surface area (Å²) in [6.07, 6.45) is 5.81. The van der Waals surface area contributed by atoms with E-state index < -0.39 is 5.60 Å². The Balaban J connectivity index is 1.83. The molecule has 1 atom stereocenters. The summed E-state index contributed by atoms with van der Waals surface area (Å²) in [4.78, 5) is 0. The van der Waals surface area contributed by atoms with Crippen molar-refractivity contribution in [3.05, 3.63) is 24.2 Å². The molecule has 0 amide bonds. The average Bonchev–Trinajstić information content (AvgIpc) is 2.85. The third-order valence-corrected chi connectivity index (χ3v) is 3.24. The first kappa shape index (κ1) is 10.7. The molecule has 3 nitrogen and oxygen atoms in total. The van der Waals surface area contributed by atoms with E-state index in [1.165, 1.54) is 0 Å². The van der Waals surface area contributed by atoms with Gasteiger partial charge in [0.05, 0.1) is 17.9 Å². The van der Waals surface area contributed by atoms with Gasteiger partial charge in [0.1, 0.15) is 5.76 Å². The largest absolute Gasteiger partial charge is 0.468 e. The van der Waals surface area contributed by atoms with Crippen molar-refractivity contribution < 1.29 is 9.52 Å². The van der Waals surface area contributed by atoms with E-state index in [1.54, 1.807) is 6.26 Å². The molecular weight excluding hydrogens is 190 g/mol. The van der Waals surface area contributed by atoms with Crippen LogP contribution in [0.4, 0.5) is 0 Å². The Labute approximate surface area is 90.5 Å². The van der Waals surface area contributed by atoms with E-state index in [9.17, 15) is 5.11 Å². The van der Waals surface area contributed by atoms with Crippen molar-refractivity contribution >= 4 is 0 Å². The first-order valence-electron chi connectivity index (χ1n) is 5.69. The van der Waals surface area contributed by atoms with Crippen molar-refractivity contribution in [1.29, 1.82) is 0 Å². The van der Waals surface area contributed by atoms with Crippen molar-refractivity contribution in [3.8, 4) is 0 Å². The van der Waals surface area contributed by atoms with Gasteiger partial charge >= 0.3 is 0 Å². The first-order chi connectivity index (χ1) is 7.20. The van der Waals surface area contributed by atoms with Gasteiger partial charge in [0, 0.05) is 6.54 Å². The Hall–Kier alpha value is -0.800. The van der Waals surface area contributed by atoms with Crippen molar-refractivity contribution in [3.63, 3.8) is 0 Å². The van der Waals surface area contributed by atoms with Crippen molar-refractivity contribution in [2.75, 3.05) is 6.54 Å². The molecule has 2 N–H and O–H groups in total. The highest BCUT2D eigenvalue weighted by Crippen LogP contribution is 2.29. The van der Waals surface area contributed by atoms with Crippen molar-refractivity contribution in [2.45, 2.75) is 44.2 Å². The molecule has 1 aromatic rings. The number of hydrogen-bond donors (Lipinski definition) is 2. The number of aliphatic hydroxyl groups is 1. The molecule has 1 saturated carbocycles. The lowest BCUT2D eigenvalue weighted by Gasteiger charge is -2.24. The molecule has 0 radical (unpaired) electrons.